The van der Waals surface area contributed by atoms with E-state index in [0.717, 1.165) is 0 Å². The molecule has 1 rings (SSSR count). The summed E-state index contributed by atoms with van der Waals surface area (Å²) in [7, 11) is 0. The smallest absolute Gasteiger partial charge is 0.0985 e. The maximum atomic E-state index is 5.77. The fourth-order valence-corrected chi connectivity index (χ4v) is 2.61. The van der Waals surface area contributed by atoms with Gasteiger partial charge in [-0.05, 0) is 0 Å². The van der Waals surface area contributed by atoms with Crippen LogP contribution in [0.3, 0.4) is 0 Å². The number of nitrogens with two attached hydrogens (primary N) is 1. The summed E-state index contributed by atoms with van der Waals surface area (Å²) in [6.07, 6.45) is 0. The van der Waals surface area contributed by atoms with Gasteiger partial charge >= 0.3 is 0 Å². The fraction of sp³-hybridized carbons (Fsp3) is 0.750. The lowest BCUT2D eigenvalue weighted by Gasteiger charge is -2.18. The van der Waals surface area contributed by atoms with Crippen molar-refractivity contribution in [2.24, 2.45) is 5.73 Å². The van der Waals surface area contributed by atoms with E-state index in [-0.39, 0.29) is 10.8 Å². The van der Waals surface area contributed by atoms with Gasteiger partial charge in [0.05, 0.1) is 10.7 Å². The third kappa shape index (κ3) is 2.79. The van der Waals surface area contributed by atoms with Crippen LogP contribution in [0, 0.1) is 0 Å². The second-order valence-electron chi connectivity index (χ2n) is 5.99. The highest BCUT2D eigenvalue weighted by Crippen LogP contribution is 2.34. The van der Waals surface area contributed by atoms with Crippen molar-refractivity contribution in [3.8, 4) is 0 Å². The Morgan fingerprint density at radius 2 is 1.60 bits per heavy atom. The first-order valence-electron chi connectivity index (χ1n) is 5.37. The quantitative estimate of drug-likeness (QED) is 0.798. The van der Waals surface area contributed by atoms with Gasteiger partial charge in [0.15, 0.2) is 0 Å². The Kier molecular flexibility index (Phi) is 3.27. The van der Waals surface area contributed by atoms with Crippen molar-refractivity contribution in [3.63, 3.8) is 0 Å². The SMILES string of the molecule is CC(C)(C)c1nc(C(C)(C)C)c(CN)s1. The number of thiazole rings is 1. The summed E-state index contributed by atoms with van der Waals surface area (Å²) >= 11 is 1.76. The van der Waals surface area contributed by atoms with Gasteiger partial charge in [-0.2, -0.15) is 0 Å². The van der Waals surface area contributed by atoms with Crippen LogP contribution in [0.5, 0.6) is 0 Å². The highest BCUT2D eigenvalue weighted by molar-refractivity contribution is 7.11. The number of nitrogens with zero attached hydrogens (tertiary/aromatic N) is 1. The summed E-state index contributed by atoms with van der Waals surface area (Å²) in [6, 6.07) is 0. The molecule has 0 bridgehead atoms. The normalized spacial score (nSPS) is 13.3. The van der Waals surface area contributed by atoms with E-state index in [0.29, 0.717) is 6.54 Å². The average Bonchev–Trinajstić information content (AvgIpc) is 2.44. The predicted molar refractivity (Wildman–Crippen MR) is 67.4 cm³/mol. The molecule has 0 aromatic carbocycles. The Hall–Kier alpha value is -0.410. The van der Waals surface area contributed by atoms with Gasteiger partial charge in [-0.15, -0.1) is 11.3 Å². The Morgan fingerprint density at radius 3 is 1.87 bits per heavy atom. The van der Waals surface area contributed by atoms with Gasteiger partial charge in [-0.25, -0.2) is 4.98 Å². The summed E-state index contributed by atoms with van der Waals surface area (Å²) in [5.41, 5.74) is 7.16. The minimum Gasteiger partial charge on any atom is -0.326 e. The minimum atomic E-state index is 0.0920. The van der Waals surface area contributed by atoms with E-state index in [1.807, 2.05) is 0 Å². The zero-order valence-corrected chi connectivity index (χ0v) is 11.5. The van der Waals surface area contributed by atoms with Crippen LogP contribution in [-0.2, 0) is 17.4 Å². The molecule has 1 aromatic heterocycles. The molecule has 0 radical (unpaired) electrons. The Balaban J connectivity index is 3.24. The standard InChI is InChI=1S/C12H22N2S/c1-11(2,3)9-8(7-13)15-10(14-9)12(4,5)6/h7,13H2,1-6H3. The van der Waals surface area contributed by atoms with E-state index >= 15 is 0 Å². The first-order chi connectivity index (χ1) is 6.66. The molecule has 15 heavy (non-hydrogen) atoms. The van der Waals surface area contributed by atoms with Crippen LogP contribution in [0.25, 0.3) is 0 Å². The van der Waals surface area contributed by atoms with Gasteiger partial charge in [0, 0.05) is 22.3 Å². The third-order valence-electron chi connectivity index (χ3n) is 2.23. The van der Waals surface area contributed by atoms with E-state index < -0.39 is 0 Å². The molecule has 86 valence electrons. The Bertz CT molecular complexity index is 339. The van der Waals surface area contributed by atoms with Gasteiger partial charge in [-0.3, -0.25) is 0 Å². The molecule has 3 heteroatoms. The Morgan fingerprint density at radius 1 is 1.07 bits per heavy atom. The van der Waals surface area contributed by atoms with Crippen molar-refractivity contribution in [1.82, 2.24) is 4.98 Å². The molecule has 0 amide bonds. The summed E-state index contributed by atoms with van der Waals surface area (Å²) < 4.78 is 0. The van der Waals surface area contributed by atoms with E-state index in [4.69, 9.17) is 10.7 Å². The zero-order valence-electron chi connectivity index (χ0n) is 10.6. The van der Waals surface area contributed by atoms with E-state index in [1.54, 1.807) is 11.3 Å². The maximum absolute atomic E-state index is 5.77. The molecule has 0 aliphatic heterocycles. The molecule has 0 atom stereocenters. The van der Waals surface area contributed by atoms with Gasteiger partial charge in [0.25, 0.3) is 0 Å². The molecule has 0 saturated carbocycles. The van der Waals surface area contributed by atoms with Crippen molar-refractivity contribution < 1.29 is 0 Å². The van der Waals surface area contributed by atoms with Crippen molar-refractivity contribution in [2.75, 3.05) is 0 Å². The molecule has 0 aliphatic carbocycles. The van der Waals surface area contributed by atoms with Crippen LogP contribution < -0.4 is 5.73 Å². The molecule has 0 spiro atoms. The molecule has 2 N–H and O–H groups in total. The lowest BCUT2D eigenvalue weighted by Crippen LogP contribution is -2.17. The monoisotopic (exact) mass is 226 g/mol. The molecule has 1 aromatic rings. The number of aromatic nitrogens is 1. The maximum Gasteiger partial charge on any atom is 0.0985 e. The minimum absolute atomic E-state index is 0.0920. The third-order valence-corrected chi connectivity index (χ3v) is 3.74. The lowest BCUT2D eigenvalue weighted by molar-refractivity contribution is 0.543. The van der Waals surface area contributed by atoms with Gasteiger partial charge < -0.3 is 5.73 Å². The average molecular weight is 226 g/mol. The topological polar surface area (TPSA) is 38.9 Å². The van der Waals surface area contributed by atoms with Gasteiger partial charge in [0.2, 0.25) is 0 Å². The predicted octanol–water partition coefficient (Wildman–Crippen LogP) is 3.20. The molecule has 0 saturated heterocycles. The van der Waals surface area contributed by atoms with E-state index in [9.17, 15) is 0 Å². The summed E-state index contributed by atoms with van der Waals surface area (Å²) in [5, 5.41) is 1.19. The summed E-state index contributed by atoms with van der Waals surface area (Å²) in [6.45, 7) is 13.7. The highest BCUT2D eigenvalue weighted by atomic mass is 32.1. The van der Waals surface area contributed by atoms with Crippen LogP contribution in [0.2, 0.25) is 0 Å². The van der Waals surface area contributed by atoms with Crippen molar-refractivity contribution in [1.29, 1.82) is 0 Å². The molecule has 0 aliphatic rings. The van der Waals surface area contributed by atoms with Gasteiger partial charge in [-0.1, -0.05) is 41.5 Å². The molecule has 0 fully saturated rings. The second kappa shape index (κ2) is 3.87. The Labute approximate surface area is 96.9 Å². The molecule has 2 nitrogen and oxygen atoms in total. The van der Waals surface area contributed by atoms with E-state index in [1.165, 1.54) is 15.6 Å². The van der Waals surface area contributed by atoms with Gasteiger partial charge in [0.1, 0.15) is 0 Å². The van der Waals surface area contributed by atoms with Crippen molar-refractivity contribution >= 4 is 11.3 Å². The van der Waals surface area contributed by atoms with Crippen LogP contribution in [-0.4, -0.2) is 4.98 Å². The van der Waals surface area contributed by atoms with Crippen LogP contribution in [0.4, 0.5) is 0 Å². The molecular weight excluding hydrogens is 204 g/mol. The number of hydrogen-bond acceptors (Lipinski definition) is 3. The number of rotatable bonds is 1. The first-order valence-corrected chi connectivity index (χ1v) is 6.18. The molecular formula is C12H22N2S. The first kappa shape index (κ1) is 12.7. The number of hydrogen-bond donors (Lipinski definition) is 1. The fourth-order valence-electron chi connectivity index (χ4n) is 1.40. The van der Waals surface area contributed by atoms with Crippen LogP contribution in [0.1, 0.15) is 57.1 Å². The lowest BCUT2D eigenvalue weighted by atomic mass is 9.91. The van der Waals surface area contributed by atoms with Crippen LogP contribution in [0.15, 0.2) is 0 Å². The van der Waals surface area contributed by atoms with Crippen molar-refractivity contribution in [3.05, 3.63) is 15.6 Å². The molecule has 0 unspecified atom stereocenters. The zero-order chi connectivity index (χ0) is 11.9. The van der Waals surface area contributed by atoms with Crippen molar-refractivity contribution in [2.45, 2.75) is 58.9 Å². The van der Waals surface area contributed by atoms with E-state index in [2.05, 4.69) is 41.5 Å². The second-order valence-corrected chi connectivity index (χ2v) is 7.08. The largest absolute Gasteiger partial charge is 0.326 e. The summed E-state index contributed by atoms with van der Waals surface area (Å²) in [5.74, 6) is 0. The molecule has 1 heterocycles. The highest BCUT2D eigenvalue weighted by Gasteiger charge is 2.26. The summed E-state index contributed by atoms with van der Waals surface area (Å²) in [4.78, 5) is 5.99. The van der Waals surface area contributed by atoms with Crippen LogP contribution >= 0.6 is 11.3 Å².